The third-order valence-corrected chi connectivity index (χ3v) is 4.76. The molecule has 0 saturated heterocycles. The molecule has 0 amide bonds. The molecule has 1 atom stereocenters. The highest BCUT2D eigenvalue weighted by molar-refractivity contribution is 7.99. The van der Waals surface area contributed by atoms with Crippen LogP contribution in [0.3, 0.4) is 0 Å². The monoisotopic (exact) mass is 305 g/mol. The summed E-state index contributed by atoms with van der Waals surface area (Å²) in [7, 11) is 0. The Morgan fingerprint density at radius 1 is 1.38 bits per heavy atom. The summed E-state index contributed by atoms with van der Waals surface area (Å²) in [6, 6.07) is 4.25. The second-order valence-corrected chi connectivity index (χ2v) is 6.33. The molecule has 2 aromatic rings. The van der Waals surface area contributed by atoms with Gasteiger partial charge in [0, 0.05) is 11.1 Å². The lowest BCUT2D eigenvalue weighted by Crippen LogP contribution is -2.08. The van der Waals surface area contributed by atoms with E-state index in [-0.39, 0.29) is 0 Å². The van der Waals surface area contributed by atoms with Gasteiger partial charge < -0.3 is 5.11 Å². The molecule has 0 unspecified atom stereocenters. The molecule has 1 aliphatic rings. The Balaban J connectivity index is 1.73. The van der Waals surface area contributed by atoms with Crippen molar-refractivity contribution in [3.05, 3.63) is 24.0 Å². The molecule has 0 radical (unpaired) electrons. The number of tetrazole rings is 1. The minimum atomic E-state index is -0.493. The molecule has 2 heterocycles. The lowest BCUT2D eigenvalue weighted by atomic mass is 10.2. The summed E-state index contributed by atoms with van der Waals surface area (Å²) >= 11 is 1.52. The van der Waals surface area contributed by atoms with E-state index < -0.39 is 6.10 Å². The Labute approximate surface area is 128 Å². The first kappa shape index (κ1) is 14.5. The largest absolute Gasteiger partial charge is 0.387 e. The van der Waals surface area contributed by atoms with Crippen LogP contribution in [0.1, 0.15) is 56.9 Å². The topological polar surface area (TPSA) is 76.7 Å². The van der Waals surface area contributed by atoms with E-state index in [9.17, 15) is 5.11 Å². The number of nitrogens with zero attached hydrogens (tertiary/aromatic N) is 5. The summed E-state index contributed by atoms with van der Waals surface area (Å²) in [5.41, 5.74) is 0.706. The van der Waals surface area contributed by atoms with Gasteiger partial charge in [-0.25, -0.2) is 4.68 Å². The van der Waals surface area contributed by atoms with Crippen LogP contribution >= 0.6 is 11.8 Å². The maximum atomic E-state index is 9.76. The first-order valence-corrected chi connectivity index (χ1v) is 8.19. The van der Waals surface area contributed by atoms with Gasteiger partial charge in [-0.3, -0.25) is 4.98 Å². The highest BCUT2D eigenvalue weighted by atomic mass is 32.2. The van der Waals surface area contributed by atoms with Crippen LogP contribution < -0.4 is 0 Å². The maximum absolute atomic E-state index is 9.76. The molecular formula is C14H19N5OS. The smallest absolute Gasteiger partial charge is 0.214 e. The molecule has 3 rings (SSSR count). The Morgan fingerprint density at radius 3 is 2.86 bits per heavy atom. The molecule has 7 heteroatoms. The average Bonchev–Trinajstić information content (AvgIpc) is 3.18. The van der Waals surface area contributed by atoms with Crippen molar-refractivity contribution in [1.82, 2.24) is 25.2 Å². The molecule has 0 aromatic carbocycles. The second-order valence-electron chi connectivity index (χ2n) is 5.29. The van der Waals surface area contributed by atoms with E-state index >= 15 is 0 Å². The summed E-state index contributed by atoms with van der Waals surface area (Å²) in [5, 5.41) is 22.6. The number of hydrogen-bond acceptors (Lipinski definition) is 6. The van der Waals surface area contributed by atoms with Gasteiger partial charge in [0.1, 0.15) is 0 Å². The van der Waals surface area contributed by atoms with Crippen LogP contribution in [0.4, 0.5) is 0 Å². The van der Waals surface area contributed by atoms with Gasteiger partial charge in [-0.2, -0.15) is 0 Å². The van der Waals surface area contributed by atoms with Crippen molar-refractivity contribution in [2.75, 3.05) is 0 Å². The van der Waals surface area contributed by atoms with Crippen molar-refractivity contribution in [3.63, 3.8) is 0 Å². The third kappa shape index (κ3) is 3.24. The van der Waals surface area contributed by atoms with E-state index in [1.54, 1.807) is 6.20 Å². The number of hydrogen-bond donors (Lipinski definition) is 1. The first-order valence-electron chi connectivity index (χ1n) is 7.37. The SMILES string of the molecule is CC[C@@H](O)c1ccc(Sc2nnnn2C2CCCC2)cn1. The molecule has 0 spiro atoms. The van der Waals surface area contributed by atoms with E-state index in [2.05, 4.69) is 20.5 Å². The van der Waals surface area contributed by atoms with Crippen LogP contribution in [0.2, 0.25) is 0 Å². The molecule has 112 valence electrons. The summed E-state index contributed by atoms with van der Waals surface area (Å²) < 4.78 is 1.94. The maximum Gasteiger partial charge on any atom is 0.214 e. The van der Waals surface area contributed by atoms with Gasteiger partial charge in [0.25, 0.3) is 0 Å². The number of pyridine rings is 1. The fourth-order valence-corrected chi connectivity index (χ4v) is 3.40. The van der Waals surface area contributed by atoms with Crippen molar-refractivity contribution < 1.29 is 5.11 Å². The summed E-state index contributed by atoms with van der Waals surface area (Å²) in [6.07, 6.45) is 6.75. The van der Waals surface area contributed by atoms with Crippen molar-refractivity contribution in [1.29, 1.82) is 0 Å². The molecule has 1 fully saturated rings. The minimum Gasteiger partial charge on any atom is -0.387 e. The van der Waals surface area contributed by atoms with Crippen LogP contribution in [0.5, 0.6) is 0 Å². The predicted molar refractivity (Wildman–Crippen MR) is 78.9 cm³/mol. The predicted octanol–water partition coefficient (Wildman–Crippen LogP) is 2.78. The lowest BCUT2D eigenvalue weighted by Gasteiger charge is -2.11. The molecule has 1 aliphatic carbocycles. The van der Waals surface area contributed by atoms with Gasteiger partial charge in [-0.05, 0) is 53.6 Å². The highest BCUT2D eigenvalue weighted by Gasteiger charge is 2.22. The van der Waals surface area contributed by atoms with Crippen LogP contribution in [-0.2, 0) is 0 Å². The Hall–Kier alpha value is -1.47. The summed E-state index contributed by atoms with van der Waals surface area (Å²) in [4.78, 5) is 5.29. The second kappa shape index (κ2) is 6.53. The zero-order valence-electron chi connectivity index (χ0n) is 12.0. The van der Waals surface area contributed by atoms with E-state index in [0.29, 0.717) is 18.2 Å². The van der Waals surface area contributed by atoms with Crippen molar-refractivity contribution in [2.45, 2.75) is 61.2 Å². The van der Waals surface area contributed by atoms with Gasteiger partial charge in [0.05, 0.1) is 17.8 Å². The van der Waals surface area contributed by atoms with Crippen molar-refractivity contribution in [3.8, 4) is 0 Å². The molecule has 1 N–H and O–H groups in total. The van der Waals surface area contributed by atoms with Gasteiger partial charge in [0.15, 0.2) is 0 Å². The summed E-state index contributed by atoms with van der Waals surface area (Å²) in [6.45, 7) is 1.94. The molecular weight excluding hydrogens is 286 g/mol. The number of aromatic nitrogens is 5. The van der Waals surface area contributed by atoms with Gasteiger partial charge in [-0.15, -0.1) is 5.10 Å². The average molecular weight is 305 g/mol. The standard InChI is InChI=1S/C14H19N5OS/c1-2-13(20)12-8-7-11(9-15-12)21-14-16-17-18-19(14)10-5-3-4-6-10/h7-10,13,20H,2-6H2,1H3/t13-/m1/s1. The Kier molecular flexibility index (Phi) is 4.50. The third-order valence-electron chi connectivity index (χ3n) is 3.83. The van der Waals surface area contributed by atoms with E-state index in [1.807, 2.05) is 23.7 Å². The van der Waals surface area contributed by atoms with Crippen LogP contribution in [-0.4, -0.2) is 30.3 Å². The molecule has 21 heavy (non-hydrogen) atoms. The molecule has 6 nitrogen and oxygen atoms in total. The fraction of sp³-hybridized carbons (Fsp3) is 0.571. The highest BCUT2D eigenvalue weighted by Crippen LogP contribution is 2.33. The number of rotatable bonds is 5. The zero-order valence-corrected chi connectivity index (χ0v) is 12.8. The van der Waals surface area contributed by atoms with Gasteiger partial charge in [0.2, 0.25) is 5.16 Å². The van der Waals surface area contributed by atoms with Crippen LogP contribution in [0.25, 0.3) is 0 Å². The first-order chi connectivity index (χ1) is 10.3. The van der Waals surface area contributed by atoms with E-state index in [4.69, 9.17) is 0 Å². The van der Waals surface area contributed by atoms with Crippen LogP contribution in [0, 0.1) is 0 Å². The molecule has 1 saturated carbocycles. The summed E-state index contributed by atoms with van der Waals surface area (Å²) in [5.74, 6) is 0. The molecule has 0 bridgehead atoms. The Bertz CT molecular complexity index is 579. The minimum absolute atomic E-state index is 0.427. The number of aliphatic hydroxyl groups is 1. The zero-order chi connectivity index (χ0) is 14.7. The fourth-order valence-electron chi connectivity index (χ4n) is 2.59. The van der Waals surface area contributed by atoms with Crippen molar-refractivity contribution in [2.24, 2.45) is 0 Å². The van der Waals surface area contributed by atoms with E-state index in [0.717, 1.165) is 22.9 Å². The van der Waals surface area contributed by atoms with Crippen molar-refractivity contribution >= 4 is 11.8 Å². The van der Waals surface area contributed by atoms with Gasteiger partial charge in [-0.1, -0.05) is 19.8 Å². The van der Waals surface area contributed by atoms with Gasteiger partial charge >= 0.3 is 0 Å². The number of aliphatic hydroxyl groups excluding tert-OH is 1. The molecule has 2 aromatic heterocycles. The Morgan fingerprint density at radius 2 is 2.19 bits per heavy atom. The van der Waals surface area contributed by atoms with E-state index in [1.165, 1.54) is 24.6 Å². The van der Waals surface area contributed by atoms with Crippen LogP contribution in [0.15, 0.2) is 28.4 Å². The quantitative estimate of drug-likeness (QED) is 0.915. The molecule has 0 aliphatic heterocycles. The normalized spacial score (nSPS) is 17.2. The lowest BCUT2D eigenvalue weighted by molar-refractivity contribution is 0.169.